The molecule has 1 unspecified atom stereocenters. The number of aryl methyl sites for hydroxylation is 1. The molecule has 1 aromatic heterocycles. The minimum absolute atomic E-state index is 0.0102. The van der Waals surface area contributed by atoms with E-state index in [9.17, 15) is 27.2 Å². The van der Waals surface area contributed by atoms with Gasteiger partial charge in [-0.15, -0.1) is 0 Å². The zero-order valence-corrected chi connectivity index (χ0v) is 19.4. The number of alkyl halides is 3. The van der Waals surface area contributed by atoms with Crippen molar-refractivity contribution in [1.29, 1.82) is 0 Å². The van der Waals surface area contributed by atoms with Crippen LogP contribution in [0.5, 0.6) is 0 Å². The van der Waals surface area contributed by atoms with Crippen LogP contribution >= 0.6 is 11.6 Å². The van der Waals surface area contributed by atoms with Gasteiger partial charge in [0, 0.05) is 41.3 Å². The molecule has 4 rings (SSSR count). The van der Waals surface area contributed by atoms with Crippen molar-refractivity contribution in [2.75, 3.05) is 24.5 Å². The summed E-state index contributed by atoms with van der Waals surface area (Å²) in [5.74, 6) is -2.69. The number of anilines is 1. The summed E-state index contributed by atoms with van der Waals surface area (Å²) in [7, 11) is 0. The van der Waals surface area contributed by atoms with Crippen LogP contribution in [0.15, 0.2) is 59.3 Å². The van der Waals surface area contributed by atoms with Crippen molar-refractivity contribution in [2.24, 2.45) is 0 Å². The van der Waals surface area contributed by atoms with Gasteiger partial charge in [0.1, 0.15) is 5.82 Å². The van der Waals surface area contributed by atoms with E-state index in [-0.39, 0.29) is 38.4 Å². The van der Waals surface area contributed by atoms with Gasteiger partial charge >= 0.3 is 12.1 Å². The molecule has 12 heteroatoms. The molecule has 7 nitrogen and oxygen atoms in total. The van der Waals surface area contributed by atoms with Crippen LogP contribution in [-0.2, 0) is 20.7 Å². The first-order valence-corrected chi connectivity index (χ1v) is 11.3. The Kier molecular flexibility index (Phi) is 7.48. The molecule has 0 bridgehead atoms. The second-order valence-electron chi connectivity index (χ2n) is 8.05. The second-order valence-corrected chi connectivity index (χ2v) is 8.49. The Balaban J connectivity index is 1.45. The molecule has 0 radical (unpaired) electrons. The van der Waals surface area contributed by atoms with E-state index in [0.717, 1.165) is 0 Å². The number of halogens is 5. The van der Waals surface area contributed by atoms with E-state index in [1.54, 1.807) is 24.3 Å². The molecular weight excluding hydrogens is 506 g/mol. The Morgan fingerprint density at radius 1 is 1.08 bits per heavy atom. The fourth-order valence-corrected chi connectivity index (χ4v) is 4.00. The number of carbonyl (C=O) groups is 2. The lowest BCUT2D eigenvalue weighted by Crippen LogP contribution is -2.57. The number of carbonyl (C=O) groups excluding carboxylic acids is 2. The minimum Gasteiger partial charge on any atom is -0.433 e. The van der Waals surface area contributed by atoms with Crippen LogP contribution in [-0.4, -0.2) is 54.0 Å². The van der Waals surface area contributed by atoms with Crippen molar-refractivity contribution in [2.45, 2.75) is 25.2 Å². The molecule has 2 heterocycles. The lowest BCUT2D eigenvalue weighted by molar-refractivity contribution is -0.206. The zero-order chi connectivity index (χ0) is 25.9. The molecule has 1 aliphatic heterocycles. The van der Waals surface area contributed by atoms with Gasteiger partial charge in [0.25, 0.3) is 0 Å². The Labute approximate surface area is 208 Å². The van der Waals surface area contributed by atoms with E-state index in [1.165, 1.54) is 40.3 Å². The Morgan fingerprint density at radius 2 is 1.78 bits per heavy atom. The maximum atomic E-state index is 13.2. The maximum absolute atomic E-state index is 13.2. The van der Waals surface area contributed by atoms with Crippen molar-refractivity contribution in [3.8, 4) is 11.3 Å². The third-order valence-electron chi connectivity index (χ3n) is 5.68. The van der Waals surface area contributed by atoms with E-state index >= 15 is 0 Å². The Morgan fingerprint density at radius 3 is 2.44 bits per heavy atom. The first kappa shape index (κ1) is 25.5. The van der Waals surface area contributed by atoms with Gasteiger partial charge < -0.3 is 19.1 Å². The molecule has 1 fully saturated rings. The molecule has 2 aromatic carbocycles. The van der Waals surface area contributed by atoms with Crippen LogP contribution in [0.1, 0.15) is 12.0 Å². The molecule has 36 heavy (non-hydrogen) atoms. The zero-order valence-electron chi connectivity index (χ0n) is 18.7. The number of aromatic nitrogens is 1. The van der Waals surface area contributed by atoms with Crippen molar-refractivity contribution in [1.82, 2.24) is 10.1 Å². The highest BCUT2D eigenvalue weighted by Crippen LogP contribution is 2.28. The van der Waals surface area contributed by atoms with Gasteiger partial charge in [0.2, 0.25) is 5.91 Å². The smallest absolute Gasteiger partial charge is 0.433 e. The topological polar surface area (TPSA) is 75.9 Å². The number of amides is 1. The highest BCUT2D eigenvalue weighted by atomic mass is 35.5. The molecule has 1 aliphatic rings. The largest absolute Gasteiger partial charge is 0.491 e. The Bertz CT molecular complexity index is 1220. The number of esters is 1. The number of hydrogen-bond donors (Lipinski definition) is 0. The second kappa shape index (κ2) is 10.6. The summed E-state index contributed by atoms with van der Waals surface area (Å²) in [6.07, 6.45) is -4.82. The first-order valence-electron chi connectivity index (χ1n) is 10.9. The van der Waals surface area contributed by atoms with Crippen LogP contribution in [0.2, 0.25) is 5.02 Å². The van der Waals surface area contributed by atoms with E-state index in [4.69, 9.17) is 20.9 Å². The Hall–Kier alpha value is -3.60. The minimum atomic E-state index is -5.18. The van der Waals surface area contributed by atoms with E-state index in [1.807, 2.05) is 0 Å². The van der Waals surface area contributed by atoms with Crippen molar-refractivity contribution in [3.05, 3.63) is 71.1 Å². The van der Waals surface area contributed by atoms with Gasteiger partial charge in [-0.3, -0.25) is 4.79 Å². The van der Waals surface area contributed by atoms with Crippen LogP contribution in [0.4, 0.5) is 23.2 Å². The molecule has 0 saturated carbocycles. The maximum Gasteiger partial charge on any atom is 0.491 e. The fraction of sp³-hybridized carbons (Fsp3) is 0.292. The first-order chi connectivity index (χ1) is 17.1. The molecule has 0 aliphatic carbocycles. The third kappa shape index (κ3) is 5.96. The fourth-order valence-electron chi connectivity index (χ4n) is 3.87. The van der Waals surface area contributed by atoms with Crippen LogP contribution in [0, 0.1) is 5.82 Å². The predicted octanol–water partition coefficient (Wildman–Crippen LogP) is 4.85. The van der Waals surface area contributed by atoms with Gasteiger partial charge in [-0.1, -0.05) is 16.8 Å². The highest BCUT2D eigenvalue weighted by molar-refractivity contribution is 6.30. The van der Waals surface area contributed by atoms with Gasteiger partial charge in [-0.05, 0) is 55.0 Å². The average Bonchev–Trinajstić information content (AvgIpc) is 3.31. The van der Waals surface area contributed by atoms with Gasteiger partial charge in [-0.2, -0.15) is 13.2 Å². The molecule has 1 saturated heterocycles. The van der Waals surface area contributed by atoms with Gasteiger partial charge in [0.05, 0.1) is 12.7 Å². The van der Waals surface area contributed by atoms with Crippen LogP contribution in [0.3, 0.4) is 0 Å². The number of ether oxygens (including phenoxy) is 1. The SMILES string of the molecule is O=C(CCc1cnoc1-c1ccc(F)cc1)N1CCN(c2ccc(Cl)cc2)C(OC(=O)C(F)(F)F)C1. The summed E-state index contributed by atoms with van der Waals surface area (Å²) in [5.41, 5.74) is 1.71. The number of rotatable bonds is 6. The van der Waals surface area contributed by atoms with Crippen LogP contribution in [0.25, 0.3) is 11.3 Å². The molecule has 1 amide bonds. The average molecular weight is 526 g/mol. The van der Waals surface area contributed by atoms with Gasteiger partial charge in [0.15, 0.2) is 12.0 Å². The highest BCUT2D eigenvalue weighted by Gasteiger charge is 2.44. The number of nitrogens with zero attached hydrogens (tertiary/aromatic N) is 3. The lowest BCUT2D eigenvalue weighted by Gasteiger charge is -2.42. The van der Waals surface area contributed by atoms with Crippen molar-refractivity contribution in [3.63, 3.8) is 0 Å². The normalized spacial score (nSPS) is 16.2. The summed E-state index contributed by atoms with van der Waals surface area (Å²) in [5, 5.41) is 4.19. The molecule has 190 valence electrons. The number of benzene rings is 2. The molecule has 0 N–H and O–H groups in total. The van der Waals surface area contributed by atoms with Crippen molar-refractivity contribution >= 4 is 29.2 Å². The van der Waals surface area contributed by atoms with Crippen LogP contribution < -0.4 is 4.90 Å². The van der Waals surface area contributed by atoms with E-state index < -0.39 is 24.2 Å². The number of hydrogen-bond acceptors (Lipinski definition) is 6. The summed E-state index contributed by atoms with van der Waals surface area (Å²) >= 11 is 5.90. The molecule has 0 spiro atoms. The third-order valence-corrected chi connectivity index (χ3v) is 5.93. The van der Waals surface area contributed by atoms with Gasteiger partial charge in [-0.25, -0.2) is 9.18 Å². The van der Waals surface area contributed by atoms with E-state index in [2.05, 4.69) is 5.16 Å². The standard InChI is InChI=1S/C24H20ClF4N3O4/c25-17-4-8-19(9-5-17)32-12-11-31(14-21(32)35-23(34)24(27,28)29)20(33)10-3-16-13-30-36-22(16)15-1-6-18(26)7-2-15/h1-2,4-9,13,21H,3,10-12,14H2. The van der Waals surface area contributed by atoms with E-state index in [0.29, 0.717) is 27.6 Å². The quantitative estimate of drug-likeness (QED) is 0.338. The monoisotopic (exact) mass is 525 g/mol. The summed E-state index contributed by atoms with van der Waals surface area (Å²) in [6, 6.07) is 11.9. The summed E-state index contributed by atoms with van der Waals surface area (Å²) in [4.78, 5) is 27.3. The predicted molar refractivity (Wildman–Crippen MR) is 122 cm³/mol. The lowest BCUT2D eigenvalue weighted by atomic mass is 10.0. The molecule has 1 atom stereocenters. The molecule has 3 aromatic rings. The molecular formula is C24H20ClF4N3O4. The van der Waals surface area contributed by atoms with Crippen molar-refractivity contribution < 1.29 is 36.4 Å². The summed E-state index contributed by atoms with van der Waals surface area (Å²) in [6.45, 7) is 0.0883. The number of piperazine rings is 1. The summed E-state index contributed by atoms with van der Waals surface area (Å²) < 4.78 is 61.9.